The molecule has 98 valence electrons. The first-order valence-corrected chi connectivity index (χ1v) is 6.42. The smallest absolute Gasteiger partial charge is 0.277 e. The summed E-state index contributed by atoms with van der Waals surface area (Å²) in [5, 5.41) is 10.8. The molecule has 0 aliphatic heterocycles. The highest BCUT2D eigenvalue weighted by atomic mass is 35.5. The second kappa shape index (κ2) is 5.52. The van der Waals surface area contributed by atoms with Crippen molar-refractivity contribution in [3.05, 3.63) is 27.4 Å². The summed E-state index contributed by atoms with van der Waals surface area (Å²) in [4.78, 5) is 14.2. The van der Waals surface area contributed by atoms with Crippen LogP contribution in [0.5, 0.6) is 5.88 Å². The van der Waals surface area contributed by atoms with Gasteiger partial charge in [-0.25, -0.2) is 4.98 Å². The average Bonchev–Trinajstić information content (AvgIpc) is 2.31. The van der Waals surface area contributed by atoms with Crippen LogP contribution < -0.4 is 4.74 Å². The van der Waals surface area contributed by atoms with E-state index in [1.54, 1.807) is 0 Å². The summed E-state index contributed by atoms with van der Waals surface area (Å²) in [6.45, 7) is 2.13. The maximum absolute atomic E-state index is 10.7. The highest BCUT2D eigenvalue weighted by molar-refractivity contribution is 6.29. The number of ether oxygens (including phenoxy) is 1. The van der Waals surface area contributed by atoms with Crippen molar-refractivity contribution in [2.45, 2.75) is 38.7 Å². The van der Waals surface area contributed by atoms with Gasteiger partial charge in [0.25, 0.3) is 5.69 Å². The summed E-state index contributed by atoms with van der Waals surface area (Å²) in [7, 11) is 0. The zero-order valence-electron chi connectivity index (χ0n) is 10.1. The molecule has 0 amide bonds. The van der Waals surface area contributed by atoms with Gasteiger partial charge < -0.3 is 4.74 Å². The van der Waals surface area contributed by atoms with Crippen molar-refractivity contribution in [2.75, 3.05) is 0 Å². The molecule has 1 fully saturated rings. The van der Waals surface area contributed by atoms with Gasteiger partial charge in [-0.05, 0) is 25.2 Å². The highest BCUT2D eigenvalue weighted by Crippen LogP contribution is 2.29. The summed E-state index contributed by atoms with van der Waals surface area (Å²) in [6, 6.07) is 2.55. The van der Waals surface area contributed by atoms with Crippen LogP contribution in [0.4, 0.5) is 5.69 Å². The maximum Gasteiger partial charge on any atom is 0.277 e. The van der Waals surface area contributed by atoms with E-state index >= 15 is 0 Å². The molecule has 1 aliphatic rings. The van der Waals surface area contributed by atoms with E-state index in [2.05, 4.69) is 11.9 Å². The normalized spacial score (nSPS) is 23.7. The molecule has 6 heteroatoms. The van der Waals surface area contributed by atoms with Gasteiger partial charge in [0.1, 0.15) is 11.3 Å². The molecule has 1 heterocycles. The molecule has 5 nitrogen and oxygen atoms in total. The topological polar surface area (TPSA) is 65.3 Å². The van der Waals surface area contributed by atoms with Crippen LogP contribution in [0.3, 0.4) is 0 Å². The minimum absolute atomic E-state index is 0.0734. The molecule has 2 unspecified atom stereocenters. The standard InChI is InChI=1S/C12H15ClN2O3/c1-8-4-2-3-5-10(8)18-12-7-9(15(16)17)6-11(13)14-12/h6-8,10H,2-5H2,1H3. The Kier molecular flexibility index (Phi) is 4.01. The van der Waals surface area contributed by atoms with Crippen LogP contribution in [-0.4, -0.2) is 16.0 Å². The van der Waals surface area contributed by atoms with Gasteiger partial charge in [-0.2, -0.15) is 0 Å². The van der Waals surface area contributed by atoms with Crippen molar-refractivity contribution in [3.8, 4) is 5.88 Å². The summed E-state index contributed by atoms with van der Waals surface area (Å²) in [5.74, 6) is 0.687. The molecule has 1 saturated carbocycles. The molecule has 1 aromatic heterocycles. The van der Waals surface area contributed by atoms with E-state index in [-0.39, 0.29) is 22.8 Å². The molecule has 1 aromatic rings. The Morgan fingerprint density at radius 1 is 1.44 bits per heavy atom. The maximum atomic E-state index is 10.7. The van der Waals surface area contributed by atoms with Crippen molar-refractivity contribution in [2.24, 2.45) is 5.92 Å². The van der Waals surface area contributed by atoms with Crippen LogP contribution in [-0.2, 0) is 0 Å². The molecular formula is C12H15ClN2O3. The Balaban J connectivity index is 2.15. The molecule has 0 spiro atoms. The molecule has 0 saturated heterocycles. The minimum Gasteiger partial charge on any atom is -0.474 e. The predicted molar refractivity (Wildman–Crippen MR) is 67.9 cm³/mol. The molecule has 0 N–H and O–H groups in total. The Labute approximate surface area is 110 Å². The van der Waals surface area contributed by atoms with Crippen molar-refractivity contribution in [1.82, 2.24) is 4.98 Å². The highest BCUT2D eigenvalue weighted by Gasteiger charge is 2.24. The number of nitro groups is 1. The summed E-state index contributed by atoms with van der Waals surface area (Å²) in [6.07, 6.45) is 4.49. The number of hydrogen-bond acceptors (Lipinski definition) is 4. The summed E-state index contributed by atoms with van der Waals surface area (Å²) < 4.78 is 5.74. The van der Waals surface area contributed by atoms with E-state index in [4.69, 9.17) is 16.3 Å². The Hall–Kier alpha value is -1.36. The van der Waals surface area contributed by atoms with Crippen LogP contribution in [0.1, 0.15) is 32.6 Å². The van der Waals surface area contributed by atoms with Gasteiger partial charge >= 0.3 is 0 Å². The largest absolute Gasteiger partial charge is 0.474 e. The van der Waals surface area contributed by atoms with E-state index < -0.39 is 4.92 Å². The van der Waals surface area contributed by atoms with Crippen molar-refractivity contribution in [1.29, 1.82) is 0 Å². The first kappa shape index (κ1) is 13.1. The Bertz CT molecular complexity index is 453. The minimum atomic E-state index is -0.495. The van der Waals surface area contributed by atoms with E-state index in [0.29, 0.717) is 5.92 Å². The number of hydrogen-bond donors (Lipinski definition) is 0. The third kappa shape index (κ3) is 3.10. The van der Waals surface area contributed by atoms with Crippen LogP contribution in [0.15, 0.2) is 12.1 Å². The zero-order valence-corrected chi connectivity index (χ0v) is 10.9. The molecule has 0 aromatic carbocycles. The third-order valence-electron chi connectivity index (χ3n) is 3.27. The van der Waals surface area contributed by atoms with Crippen LogP contribution in [0, 0.1) is 16.0 Å². The number of aromatic nitrogens is 1. The number of pyridine rings is 1. The van der Waals surface area contributed by atoms with Gasteiger partial charge in [-0.1, -0.05) is 24.9 Å². The first-order valence-electron chi connectivity index (χ1n) is 6.05. The summed E-state index contributed by atoms with van der Waals surface area (Å²) >= 11 is 5.75. The van der Waals surface area contributed by atoms with Gasteiger partial charge in [-0.3, -0.25) is 10.1 Å². The second-order valence-corrected chi connectivity index (χ2v) is 5.05. The van der Waals surface area contributed by atoms with Crippen molar-refractivity contribution >= 4 is 17.3 Å². The Morgan fingerprint density at radius 3 is 2.83 bits per heavy atom. The SMILES string of the molecule is CC1CCCCC1Oc1cc([N+](=O)[O-])cc(Cl)n1. The van der Waals surface area contributed by atoms with Gasteiger partial charge in [0.15, 0.2) is 0 Å². The average molecular weight is 271 g/mol. The van der Waals surface area contributed by atoms with Gasteiger partial charge in [0.2, 0.25) is 5.88 Å². The van der Waals surface area contributed by atoms with E-state index in [1.807, 2.05) is 0 Å². The predicted octanol–water partition coefficient (Wildman–Crippen LogP) is 3.60. The van der Waals surface area contributed by atoms with Crippen LogP contribution in [0.2, 0.25) is 5.15 Å². The fraction of sp³-hybridized carbons (Fsp3) is 0.583. The number of nitrogens with zero attached hydrogens (tertiary/aromatic N) is 2. The monoisotopic (exact) mass is 270 g/mol. The van der Waals surface area contributed by atoms with Gasteiger partial charge in [0, 0.05) is 0 Å². The fourth-order valence-electron chi connectivity index (χ4n) is 2.24. The Morgan fingerprint density at radius 2 is 2.17 bits per heavy atom. The molecule has 0 radical (unpaired) electrons. The van der Waals surface area contributed by atoms with Crippen LogP contribution in [0.25, 0.3) is 0 Å². The van der Waals surface area contributed by atoms with E-state index in [1.165, 1.54) is 18.6 Å². The fourth-order valence-corrected chi connectivity index (χ4v) is 2.43. The lowest BCUT2D eigenvalue weighted by atomic mass is 9.88. The molecule has 2 atom stereocenters. The van der Waals surface area contributed by atoms with E-state index in [9.17, 15) is 10.1 Å². The van der Waals surface area contributed by atoms with Gasteiger partial charge in [0.05, 0.1) is 17.1 Å². The first-order chi connectivity index (χ1) is 8.56. The lowest BCUT2D eigenvalue weighted by molar-refractivity contribution is -0.385. The lowest BCUT2D eigenvalue weighted by Gasteiger charge is -2.28. The quantitative estimate of drug-likeness (QED) is 0.478. The van der Waals surface area contributed by atoms with Gasteiger partial charge in [-0.15, -0.1) is 0 Å². The molecule has 1 aliphatic carbocycles. The number of rotatable bonds is 3. The third-order valence-corrected chi connectivity index (χ3v) is 3.46. The van der Waals surface area contributed by atoms with Crippen LogP contribution >= 0.6 is 11.6 Å². The summed E-state index contributed by atoms with van der Waals surface area (Å²) in [5.41, 5.74) is -0.0894. The lowest BCUT2D eigenvalue weighted by Crippen LogP contribution is -2.28. The van der Waals surface area contributed by atoms with E-state index in [0.717, 1.165) is 19.3 Å². The second-order valence-electron chi connectivity index (χ2n) is 4.66. The number of halogens is 1. The zero-order chi connectivity index (χ0) is 13.1. The molecule has 0 bridgehead atoms. The molecular weight excluding hydrogens is 256 g/mol. The van der Waals surface area contributed by atoms with Crippen molar-refractivity contribution in [3.63, 3.8) is 0 Å². The molecule has 18 heavy (non-hydrogen) atoms. The molecule has 2 rings (SSSR count). The van der Waals surface area contributed by atoms with Crippen molar-refractivity contribution < 1.29 is 9.66 Å².